The van der Waals surface area contributed by atoms with E-state index in [-0.39, 0.29) is 13.2 Å². The van der Waals surface area contributed by atoms with E-state index in [2.05, 4.69) is 6.92 Å². The average molecular weight is 707 g/mol. The standard InChI is InChI=1S/C37H39ClN2O10/c1-6-28-15-16-30-32(26-13-10-14-27(38)19-26)29(33(39-40(28)30)25-11-8-7-9-12-25)17-18-45-37-36(49-24(5)44)35(48-23(4)43)34(47-22(3)42)31(50-37)20-46-21(2)41/h7-16,19,31,34-37H,6,17-18,20H2,1-5H3/t31-,34+,35+,36-,37-/m1/s1. The van der Waals surface area contributed by atoms with Gasteiger partial charge in [-0.15, -0.1) is 0 Å². The van der Waals surface area contributed by atoms with E-state index in [0.29, 0.717) is 11.4 Å². The summed E-state index contributed by atoms with van der Waals surface area (Å²) >= 11 is 6.50. The Morgan fingerprint density at radius 1 is 0.800 bits per heavy atom. The zero-order chi connectivity index (χ0) is 35.9. The van der Waals surface area contributed by atoms with Gasteiger partial charge in [-0.3, -0.25) is 19.2 Å². The maximum atomic E-state index is 12.3. The molecule has 1 fully saturated rings. The van der Waals surface area contributed by atoms with Crippen LogP contribution in [0.4, 0.5) is 0 Å². The number of rotatable bonds is 12. The van der Waals surface area contributed by atoms with Crippen molar-refractivity contribution in [2.24, 2.45) is 0 Å². The predicted molar refractivity (Wildman–Crippen MR) is 182 cm³/mol. The highest BCUT2D eigenvalue weighted by Gasteiger charge is 2.52. The van der Waals surface area contributed by atoms with Gasteiger partial charge in [-0.1, -0.05) is 61.0 Å². The van der Waals surface area contributed by atoms with E-state index in [9.17, 15) is 19.2 Å². The molecule has 0 unspecified atom stereocenters. The van der Waals surface area contributed by atoms with Gasteiger partial charge >= 0.3 is 23.9 Å². The monoisotopic (exact) mass is 706 g/mol. The quantitative estimate of drug-likeness (QED) is 0.136. The highest BCUT2D eigenvalue weighted by Crippen LogP contribution is 2.37. The van der Waals surface area contributed by atoms with Crippen LogP contribution in [0.3, 0.4) is 0 Å². The summed E-state index contributed by atoms with van der Waals surface area (Å²) in [5, 5.41) is 5.68. The summed E-state index contributed by atoms with van der Waals surface area (Å²) in [6.07, 6.45) is -5.35. The SMILES string of the molecule is CCc1ccc2c(-c3cccc(Cl)c3)c(CCO[C@@H]3O[C@H](COC(C)=O)[C@H](OC(C)=O)[C@H](OC(C)=O)[C@H]3OC(C)=O)c(-c3ccccc3)nn12. The molecule has 1 saturated heterocycles. The van der Waals surface area contributed by atoms with E-state index in [1.54, 1.807) is 0 Å². The Balaban J connectivity index is 1.57. The van der Waals surface area contributed by atoms with Crippen LogP contribution in [0.1, 0.15) is 45.9 Å². The molecule has 12 nitrogen and oxygen atoms in total. The average Bonchev–Trinajstić information content (AvgIpc) is 3.48. The van der Waals surface area contributed by atoms with Crippen LogP contribution in [0, 0.1) is 0 Å². The van der Waals surface area contributed by atoms with Crippen LogP contribution in [0.15, 0.2) is 66.7 Å². The van der Waals surface area contributed by atoms with Crippen LogP contribution >= 0.6 is 11.6 Å². The molecule has 0 spiro atoms. The van der Waals surface area contributed by atoms with Crippen LogP contribution in [0.5, 0.6) is 0 Å². The number of carbonyl (C=O) groups excluding carboxylic acids is 4. The van der Waals surface area contributed by atoms with Crippen molar-refractivity contribution in [1.82, 2.24) is 9.61 Å². The third kappa shape index (κ3) is 8.50. The van der Waals surface area contributed by atoms with Crippen molar-refractivity contribution in [1.29, 1.82) is 0 Å². The summed E-state index contributed by atoms with van der Waals surface area (Å²) < 4.78 is 36.2. The van der Waals surface area contributed by atoms with Gasteiger partial charge in [-0.2, -0.15) is 5.10 Å². The van der Waals surface area contributed by atoms with Gasteiger partial charge in [0.1, 0.15) is 12.7 Å². The molecule has 50 heavy (non-hydrogen) atoms. The number of halogens is 1. The molecule has 13 heteroatoms. The Labute approximate surface area is 294 Å². The number of aromatic nitrogens is 2. The smallest absolute Gasteiger partial charge is 0.303 e. The van der Waals surface area contributed by atoms with E-state index in [0.717, 1.165) is 52.5 Å². The van der Waals surface area contributed by atoms with Gasteiger partial charge in [-0.05, 0) is 48.2 Å². The first-order valence-corrected chi connectivity index (χ1v) is 16.6. The highest BCUT2D eigenvalue weighted by atomic mass is 35.5. The lowest BCUT2D eigenvalue weighted by Gasteiger charge is -2.44. The van der Waals surface area contributed by atoms with Crippen LogP contribution in [0.25, 0.3) is 27.9 Å². The molecular weight excluding hydrogens is 668 g/mol. The number of carbonyl (C=O) groups is 4. The minimum absolute atomic E-state index is 0.0142. The first kappa shape index (κ1) is 36.5. The lowest BCUT2D eigenvalue weighted by Crippen LogP contribution is -2.63. The molecule has 0 bridgehead atoms. The normalized spacial score (nSPS) is 20.2. The Hall–Kier alpha value is -4.78. The maximum Gasteiger partial charge on any atom is 0.303 e. The Morgan fingerprint density at radius 3 is 2.10 bits per heavy atom. The highest BCUT2D eigenvalue weighted by molar-refractivity contribution is 6.30. The lowest BCUT2D eigenvalue weighted by molar-refractivity contribution is -0.307. The fourth-order valence-electron chi connectivity index (χ4n) is 6.12. The van der Waals surface area contributed by atoms with E-state index in [1.165, 1.54) is 20.8 Å². The Kier molecular flexibility index (Phi) is 11.9. The number of nitrogens with zero attached hydrogens (tertiary/aromatic N) is 2. The molecule has 2 aromatic carbocycles. The van der Waals surface area contributed by atoms with Gasteiger partial charge < -0.3 is 28.4 Å². The van der Waals surface area contributed by atoms with Crippen molar-refractivity contribution in [3.05, 3.63) is 83.0 Å². The second-order valence-electron chi connectivity index (χ2n) is 11.7. The van der Waals surface area contributed by atoms with Crippen molar-refractivity contribution < 1.29 is 47.6 Å². The fourth-order valence-corrected chi connectivity index (χ4v) is 6.31. The lowest BCUT2D eigenvalue weighted by atomic mass is 9.94. The summed E-state index contributed by atoms with van der Waals surface area (Å²) in [7, 11) is 0. The molecule has 264 valence electrons. The van der Waals surface area contributed by atoms with Crippen molar-refractivity contribution in [3.63, 3.8) is 0 Å². The molecule has 5 atom stereocenters. The van der Waals surface area contributed by atoms with Gasteiger partial charge in [-0.25, -0.2) is 4.52 Å². The first-order valence-electron chi connectivity index (χ1n) is 16.2. The van der Waals surface area contributed by atoms with Crippen LogP contribution in [-0.2, 0) is 60.4 Å². The molecule has 1 aliphatic heterocycles. The number of hydrogen-bond donors (Lipinski definition) is 0. The molecule has 3 heterocycles. The Morgan fingerprint density at radius 2 is 1.46 bits per heavy atom. The Bertz CT molecular complexity index is 1860. The number of benzene rings is 2. The van der Waals surface area contributed by atoms with Gasteiger partial charge in [0.05, 0.1) is 17.8 Å². The fraction of sp³-hybridized carbons (Fsp3) is 0.378. The number of esters is 4. The van der Waals surface area contributed by atoms with E-state index in [1.807, 2.05) is 71.2 Å². The molecule has 1 aliphatic rings. The van der Waals surface area contributed by atoms with Crippen LogP contribution in [0.2, 0.25) is 5.02 Å². The van der Waals surface area contributed by atoms with Gasteiger partial charge in [0.25, 0.3) is 0 Å². The largest absolute Gasteiger partial charge is 0.463 e. The van der Waals surface area contributed by atoms with Gasteiger partial charge in [0.15, 0.2) is 24.6 Å². The van der Waals surface area contributed by atoms with Gasteiger partial charge in [0, 0.05) is 49.5 Å². The van der Waals surface area contributed by atoms with E-state index < -0.39 is 54.6 Å². The summed E-state index contributed by atoms with van der Waals surface area (Å²) in [5.41, 5.74) is 6.17. The van der Waals surface area contributed by atoms with Crippen molar-refractivity contribution >= 4 is 41.0 Å². The molecule has 4 aromatic rings. The molecule has 0 N–H and O–H groups in total. The van der Waals surface area contributed by atoms with Crippen molar-refractivity contribution in [3.8, 4) is 22.4 Å². The van der Waals surface area contributed by atoms with E-state index in [4.69, 9.17) is 45.1 Å². The third-order valence-corrected chi connectivity index (χ3v) is 8.32. The molecule has 0 aliphatic carbocycles. The summed E-state index contributed by atoms with van der Waals surface area (Å²) in [6, 6.07) is 21.4. The van der Waals surface area contributed by atoms with E-state index >= 15 is 0 Å². The topological polar surface area (TPSA) is 141 Å². The van der Waals surface area contributed by atoms with Crippen LogP contribution in [-0.4, -0.2) is 77.4 Å². The number of fused-ring (bicyclic) bond motifs is 1. The third-order valence-electron chi connectivity index (χ3n) is 8.08. The molecule has 2 aromatic heterocycles. The molecule has 0 saturated carbocycles. The summed E-state index contributed by atoms with van der Waals surface area (Å²) in [4.78, 5) is 48.4. The molecule has 5 rings (SSSR count). The minimum Gasteiger partial charge on any atom is -0.463 e. The van der Waals surface area contributed by atoms with Crippen molar-refractivity contribution in [2.75, 3.05) is 13.2 Å². The number of hydrogen-bond acceptors (Lipinski definition) is 11. The summed E-state index contributed by atoms with van der Waals surface area (Å²) in [6.45, 7) is 6.45. The zero-order valence-corrected chi connectivity index (χ0v) is 29.2. The molecular formula is C37H39ClN2O10. The van der Waals surface area contributed by atoms with Crippen molar-refractivity contribution in [2.45, 2.75) is 78.2 Å². The van der Waals surface area contributed by atoms with Gasteiger partial charge in [0.2, 0.25) is 0 Å². The first-order chi connectivity index (χ1) is 24.0. The molecule has 0 amide bonds. The number of ether oxygens (including phenoxy) is 6. The zero-order valence-electron chi connectivity index (χ0n) is 28.4. The maximum absolute atomic E-state index is 12.3. The second kappa shape index (κ2) is 16.3. The second-order valence-corrected chi connectivity index (χ2v) is 12.2. The predicted octanol–water partition coefficient (Wildman–Crippen LogP) is 5.53. The van der Waals surface area contributed by atoms with Crippen LogP contribution < -0.4 is 0 Å². The molecule has 0 radical (unpaired) electrons. The minimum atomic E-state index is -1.34. The summed E-state index contributed by atoms with van der Waals surface area (Å²) in [5.74, 6) is -2.77. The number of aryl methyl sites for hydroxylation is 1.